The second kappa shape index (κ2) is 14.0. The van der Waals surface area contributed by atoms with Crippen LogP contribution in [0.15, 0.2) is 15.5 Å². The van der Waals surface area contributed by atoms with E-state index >= 15 is 0 Å². The summed E-state index contributed by atoms with van der Waals surface area (Å²) >= 11 is 0. The first kappa shape index (κ1) is 21.8. The van der Waals surface area contributed by atoms with Gasteiger partial charge in [-0.05, 0) is 13.3 Å². The minimum atomic E-state index is -0.299. The second-order valence-electron chi connectivity index (χ2n) is 7.34. The number of unbranched alkanes of at least 4 members (excludes halogenated alkanes) is 13. The predicted octanol–water partition coefficient (Wildman–Crippen LogP) is 6.68. The van der Waals surface area contributed by atoms with Crippen LogP contribution in [-0.2, 0) is 6.42 Å². The van der Waals surface area contributed by atoms with E-state index in [0.717, 1.165) is 24.9 Å². The lowest BCUT2D eigenvalue weighted by molar-refractivity contribution is 0.406. The van der Waals surface area contributed by atoms with Gasteiger partial charge >= 0.3 is 0 Å². The first-order valence-electron chi connectivity index (χ1n) is 10.5. The lowest BCUT2D eigenvalue weighted by atomic mass is 10.0. The summed E-state index contributed by atoms with van der Waals surface area (Å²) in [6.45, 7) is 4.00. The van der Waals surface area contributed by atoms with Crippen molar-refractivity contribution in [1.82, 2.24) is 0 Å². The van der Waals surface area contributed by atoms with Crippen molar-refractivity contribution in [3.8, 4) is 5.75 Å². The SMILES string of the molecule is CCCCCCCCCCCCCCCCc1occ(O)c(=O)c1C. The number of rotatable bonds is 15. The average molecular weight is 351 g/mol. The molecule has 0 unspecified atom stereocenters. The first-order valence-corrected chi connectivity index (χ1v) is 10.5. The van der Waals surface area contributed by atoms with Gasteiger partial charge in [-0.3, -0.25) is 4.79 Å². The highest BCUT2D eigenvalue weighted by atomic mass is 16.4. The minimum Gasteiger partial charge on any atom is -0.502 e. The molecule has 1 aromatic rings. The summed E-state index contributed by atoms with van der Waals surface area (Å²) < 4.78 is 5.33. The highest BCUT2D eigenvalue weighted by Gasteiger charge is 2.08. The average Bonchev–Trinajstić information content (AvgIpc) is 2.61. The third kappa shape index (κ3) is 9.72. The molecule has 1 heterocycles. The molecular weight excluding hydrogens is 312 g/mol. The van der Waals surface area contributed by atoms with Crippen LogP contribution in [0.1, 0.15) is 108 Å². The molecule has 1 N–H and O–H groups in total. The Morgan fingerprint density at radius 1 is 0.800 bits per heavy atom. The summed E-state index contributed by atoms with van der Waals surface area (Å²) in [4.78, 5) is 11.6. The number of hydrogen-bond acceptors (Lipinski definition) is 3. The first-order chi connectivity index (χ1) is 12.2. The maximum atomic E-state index is 11.6. The molecule has 144 valence electrons. The van der Waals surface area contributed by atoms with Gasteiger partial charge < -0.3 is 9.52 Å². The fourth-order valence-corrected chi connectivity index (χ4v) is 3.31. The van der Waals surface area contributed by atoms with Crippen molar-refractivity contribution < 1.29 is 9.52 Å². The van der Waals surface area contributed by atoms with Crippen LogP contribution in [0.25, 0.3) is 0 Å². The van der Waals surface area contributed by atoms with Gasteiger partial charge in [0.15, 0.2) is 5.75 Å². The van der Waals surface area contributed by atoms with Gasteiger partial charge in [-0.2, -0.15) is 0 Å². The number of hydrogen-bond donors (Lipinski definition) is 1. The highest BCUT2D eigenvalue weighted by Crippen LogP contribution is 2.15. The van der Waals surface area contributed by atoms with Gasteiger partial charge in [-0.15, -0.1) is 0 Å². The summed E-state index contributed by atoms with van der Waals surface area (Å²) in [5, 5.41) is 9.31. The molecule has 0 saturated heterocycles. The van der Waals surface area contributed by atoms with E-state index in [1.807, 2.05) is 0 Å². The molecule has 0 atom stereocenters. The summed E-state index contributed by atoms with van der Waals surface area (Å²) in [6, 6.07) is 0. The van der Waals surface area contributed by atoms with Crippen LogP contribution in [0.4, 0.5) is 0 Å². The molecule has 0 aromatic carbocycles. The van der Waals surface area contributed by atoms with E-state index in [2.05, 4.69) is 6.92 Å². The van der Waals surface area contributed by atoms with E-state index in [9.17, 15) is 9.90 Å². The Bertz CT molecular complexity index is 504. The molecule has 0 aliphatic rings. The van der Waals surface area contributed by atoms with Crippen molar-refractivity contribution in [2.45, 2.75) is 110 Å². The molecule has 0 aliphatic heterocycles. The molecule has 1 aromatic heterocycles. The molecule has 0 aliphatic carbocycles. The summed E-state index contributed by atoms with van der Waals surface area (Å²) in [5.74, 6) is 0.434. The van der Waals surface area contributed by atoms with Crippen LogP contribution in [-0.4, -0.2) is 5.11 Å². The number of aryl methyl sites for hydroxylation is 1. The zero-order chi connectivity index (χ0) is 18.3. The standard InChI is InChI=1S/C22H38O3/c1-3-4-5-6-7-8-9-10-11-12-13-14-15-16-17-21-19(2)22(24)20(23)18-25-21/h18,23H,3-17H2,1-2H3. The van der Waals surface area contributed by atoms with Gasteiger partial charge in [-0.25, -0.2) is 0 Å². The Morgan fingerprint density at radius 3 is 1.72 bits per heavy atom. The van der Waals surface area contributed by atoms with Crippen LogP contribution in [0.3, 0.4) is 0 Å². The molecule has 0 radical (unpaired) electrons. The quantitative estimate of drug-likeness (QED) is 0.359. The predicted molar refractivity (Wildman–Crippen MR) is 105 cm³/mol. The molecule has 0 spiro atoms. The van der Waals surface area contributed by atoms with Crippen molar-refractivity contribution in [3.05, 3.63) is 27.8 Å². The lowest BCUT2D eigenvalue weighted by Gasteiger charge is -2.05. The number of aromatic hydroxyl groups is 1. The van der Waals surface area contributed by atoms with Gasteiger partial charge in [0.05, 0.1) is 0 Å². The molecular formula is C22H38O3. The van der Waals surface area contributed by atoms with Crippen molar-refractivity contribution in [3.63, 3.8) is 0 Å². The molecule has 0 saturated carbocycles. The Balaban J connectivity index is 1.91. The molecule has 1 rings (SSSR count). The van der Waals surface area contributed by atoms with Crippen molar-refractivity contribution >= 4 is 0 Å². The fraction of sp³-hybridized carbons (Fsp3) is 0.773. The van der Waals surface area contributed by atoms with Crippen molar-refractivity contribution in [1.29, 1.82) is 0 Å². The summed E-state index contributed by atoms with van der Waals surface area (Å²) in [6.07, 6.45) is 20.7. The van der Waals surface area contributed by atoms with Crippen molar-refractivity contribution in [2.75, 3.05) is 0 Å². The zero-order valence-electron chi connectivity index (χ0n) is 16.4. The third-order valence-corrected chi connectivity index (χ3v) is 5.06. The van der Waals surface area contributed by atoms with E-state index in [-0.39, 0.29) is 11.2 Å². The summed E-state index contributed by atoms with van der Waals surface area (Å²) in [7, 11) is 0. The van der Waals surface area contributed by atoms with Crippen LogP contribution in [0, 0.1) is 6.92 Å². The third-order valence-electron chi connectivity index (χ3n) is 5.06. The van der Waals surface area contributed by atoms with E-state index in [4.69, 9.17) is 4.42 Å². The molecule has 0 bridgehead atoms. The molecule has 0 amide bonds. The Kier molecular flexibility index (Phi) is 12.2. The summed E-state index contributed by atoms with van der Waals surface area (Å²) in [5.41, 5.74) is 0.251. The lowest BCUT2D eigenvalue weighted by Crippen LogP contribution is -2.07. The monoisotopic (exact) mass is 350 g/mol. The molecule has 25 heavy (non-hydrogen) atoms. The molecule has 3 heteroatoms. The largest absolute Gasteiger partial charge is 0.502 e. The zero-order valence-corrected chi connectivity index (χ0v) is 16.4. The van der Waals surface area contributed by atoms with Crippen LogP contribution in [0.5, 0.6) is 5.75 Å². The van der Waals surface area contributed by atoms with E-state index in [1.165, 1.54) is 83.5 Å². The molecule has 3 nitrogen and oxygen atoms in total. The Hall–Kier alpha value is -1.25. The van der Waals surface area contributed by atoms with E-state index in [0.29, 0.717) is 5.56 Å². The normalized spacial score (nSPS) is 11.1. The van der Waals surface area contributed by atoms with Crippen LogP contribution >= 0.6 is 0 Å². The van der Waals surface area contributed by atoms with Gasteiger partial charge in [0.1, 0.15) is 12.0 Å². The Morgan fingerprint density at radius 2 is 1.24 bits per heavy atom. The minimum absolute atomic E-state index is 0.290. The van der Waals surface area contributed by atoms with Crippen molar-refractivity contribution in [2.24, 2.45) is 0 Å². The maximum Gasteiger partial charge on any atom is 0.229 e. The van der Waals surface area contributed by atoms with Gasteiger partial charge in [0.2, 0.25) is 5.43 Å². The fourth-order valence-electron chi connectivity index (χ4n) is 3.31. The van der Waals surface area contributed by atoms with E-state index < -0.39 is 0 Å². The molecule has 0 fully saturated rings. The van der Waals surface area contributed by atoms with E-state index in [1.54, 1.807) is 6.92 Å². The second-order valence-corrected chi connectivity index (χ2v) is 7.34. The smallest absolute Gasteiger partial charge is 0.229 e. The topological polar surface area (TPSA) is 50.4 Å². The van der Waals surface area contributed by atoms with Gasteiger partial charge in [-0.1, -0.05) is 90.4 Å². The maximum absolute atomic E-state index is 11.6. The van der Waals surface area contributed by atoms with Gasteiger partial charge in [0.25, 0.3) is 0 Å². The highest BCUT2D eigenvalue weighted by molar-refractivity contribution is 5.24. The Labute approximate surface area is 153 Å². The van der Waals surface area contributed by atoms with Gasteiger partial charge in [0, 0.05) is 12.0 Å². The van der Waals surface area contributed by atoms with Crippen LogP contribution < -0.4 is 5.43 Å². The van der Waals surface area contributed by atoms with Crippen LogP contribution in [0.2, 0.25) is 0 Å².